The number of nitrogens with two attached hydrogens (primary N) is 2. The smallest absolute Gasteiger partial charge is 0.325 e. The Balaban J connectivity index is 2.24. The highest BCUT2D eigenvalue weighted by molar-refractivity contribution is 5.95. The van der Waals surface area contributed by atoms with Gasteiger partial charge in [-0.3, -0.25) is 19.2 Å². The molecule has 0 aliphatic carbocycles. The molecule has 2 aromatic rings. The maximum atomic E-state index is 13.3. The highest BCUT2D eigenvalue weighted by Gasteiger charge is 2.32. The molecule has 0 bridgehead atoms. The zero-order valence-corrected chi connectivity index (χ0v) is 20.5. The number of carbonyl (C=O) groups excluding carboxylic acids is 3. The summed E-state index contributed by atoms with van der Waals surface area (Å²) in [6.45, 7) is 3.02. The second-order valence-corrected chi connectivity index (χ2v) is 8.81. The van der Waals surface area contributed by atoms with Gasteiger partial charge in [0, 0.05) is 23.5 Å². The molecule has 10 N–H and O–H groups in total. The summed E-state index contributed by atoms with van der Waals surface area (Å²) in [5.41, 5.74) is 13.1. The number of nitrogens with one attached hydrogen (secondary N) is 4. The van der Waals surface area contributed by atoms with E-state index in [2.05, 4.69) is 20.9 Å². The minimum Gasteiger partial charge on any atom is -0.480 e. The molecule has 1 aromatic carbocycles. The first-order chi connectivity index (χ1) is 17.0. The number of aliphatic hydroxyl groups excluding tert-OH is 1. The molecule has 1 aromatic heterocycles. The normalized spacial score (nSPS) is 15.4. The molecule has 3 amide bonds. The van der Waals surface area contributed by atoms with Crippen LogP contribution >= 0.6 is 0 Å². The van der Waals surface area contributed by atoms with Crippen LogP contribution in [0.25, 0.3) is 10.9 Å². The van der Waals surface area contributed by atoms with Gasteiger partial charge >= 0.3 is 5.97 Å². The van der Waals surface area contributed by atoms with Crippen LogP contribution in [0.3, 0.4) is 0 Å². The highest BCUT2D eigenvalue weighted by atomic mass is 16.4. The Morgan fingerprint density at radius 2 is 1.69 bits per heavy atom. The lowest BCUT2D eigenvalue weighted by Gasteiger charge is -2.26. The van der Waals surface area contributed by atoms with Crippen molar-refractivity contribution in [2.45, 2.75) is 69.8 Å². The lowest BCUT2D eigenvalue weighted by Crippen LogP contribution is -2.60. The average molecular weight is 505 g/mol. The molecule has 5 unspecified atom stereocenters. The number of carboxylic acid groups (broad SMARTS) is 1. The third-order valence-electron chi connectivity index (χ3n) is 5.83. The summed E-state index contributed by atoms with van der Waals surface area (Å²) in [5.74, 6) is -3.41. The summed E-state index contributed by atoms with van der Waals surface area (Å²) in [5, 5.41) is 27.3. The molecule has 2 rings (SSSR count). The fourth-order valence-corrected chi connectivity index (χ4v) is 3.67. The van der Waals surface area contributed by atoms with Crippen molar-refractivity contribution >= 4 is 34.6 Å². The predicted octanol–water partition coefficient (Wildman–Crippen LogP) is -0.894. The Morgan fingerprint density at radius 3 is 2.33 bits per heavy atom. The number of benzene rings is 1. The molecule has 0 saturated carbocycles. The van der Waals surface area contributed by atoms with Crippen LogP contribution in [0.15, 0.2) is 30.5 Å². The Hall–Kier alpha value is -3.48. The van der Waals surface area contributed by atoms with Crippen LogP contribution in [0.2, 0.25) is 0 Å². The Kier molecular flexibility index (Phi) is 10.8. The van der Waals surface area contributed by atoms with Gasteiger partial charge in [0.05, 0.1) is 12.1 Å². The molecular weight excluding hydrogens is 468 g/mol. The SMILES string of the molecule is CC(NC(=O)C(NC(=O)C(Cc1c[nH]c2ccccc12)NC(=O)C(N)CCCCN)C(C)O)C(=O)O. The van der Waals surface area contributed by atoms with Crippen LogP contribution in [0.5, 0.6) is 0 Å². The van der Waals surface area contributed by atoms with E-state index in [0.717, 1.165) is 16.5 Å². The first kappa shape index (κ1) is 28.8. The third-order valence-corrected chi connectivity index (χ3v) is 5.83. The number of H-pyrrole nitrogens is 1. The molecule has 198 valence electrons. The fraction of sp³-hybridized carbons (Fsp3) is 0.500. The highest BCUT2D eigenvalue weighted by Crippen LogP contribution is 2.19. The molecule has 0 saturated heterocycles. The molecule has 5 atom stereocenters. The number of amides is 3. The van der Waals surface area contributed by atoms with Crippen molar-refractivity contribution in [3.63, 3.8) is 0 Å². The molecule has 12 heteroatoms. The van der Waals surface area contributed by atoms with Crippen molar-refractivity contribution < 1.29 is 29.4 Å². The van der Waals surface area contributed by atoms with Gasteiger partial charge in [0.25, 0.3) is 0 Å². The Morgan fingerprint density at radius 1 is 1.00 bits per heavy atom. The molecule has 0 aliphatic heterocycles. The number of rotatable bonds is 14. The van der Waals surface area contributed by atoms with E-state index < -0.39 is 54.0 Å². The van der Waals surface area contributed by atoms with Crippen molar-refractivity contribution in [1.82, 2.24) is 20.9 Å². The number of hydrogen-bond donors (Lipinski definition) is 8. The van der Waals surface area contributed by atoms with Gasteiger partial charge in [-0.15, -0.1) is 0 Å². The number of aliphatic hydroxyl groups is 1. The van der Waals surface area contributed by atoms with E-state index in [1.54, 1.807) is 6.20 Å². The van der Waals surface area contributed by atoms with Crippen LogP contribution in [0, 0.1) is 0 Å². The molecule has 0 aliphatic rings. The quantitative estimate of drug-likeness (QED) is 0.151. The van der Waals surface area contributed by atoms with Gasteiger partial charge in [-0.2, -0.15) is 0 Å². The van der Waals surface area contributed by atoms with Crippen LogP contribution in [-0.2, 0) is 25.6 Å². The van der Waals surface area contributed by atoms with E-state index >= 15 is 0 Å². The summed E-state index contributed by atoms with van der Waals surface area (Å²) in [7, 11) is 0. The van der Waals surface area contributed by atoms with E-state index in [4.69, 9.17) is 16.6 Å². The molecular formula is C24H36N6O6. The molecule has 0 radical (unpaired) electrons. The maximum Gasteiger partial charge on any atom is 0.325 e. The average Bonchev–Trinajstić information content (AvgIpc) is 3.24. The molecule has 36 heavy (non-hydrogen) atoms. The van der Waals surface area contributed by atoms with E-state index in [0.29, 0.717) is 25.8 Å². The zero-order chi connectivity index (χ0) is 26.8. The first-order valence-electron chi connectivity index (χ1n) is 11.9. The standard InChI is InChI=1S/C24H36N6O6/c1-13(24(35)36)28-23(34)20(14(2)31)30-22(33)19(29-21(32)17(26)8-5-6-10-25)11-15-12-27-18-9-4-3-7-16(15)18/h3-4,7,9,12-14,17,19-20,27,31H,5-6,8,10-11,25-26H2,1-2H3,(H,28,34)(H,29,32)(H,30,33)(H,35,36). The van der Waals surface area contributed by atoms with Crippen molar-refractivity contribution in [2.75, 3.05) is 6.54 Å². The van der Waals surface area contributed by atoms with Gasteiger partial charge < -0.3 is 42.6 Å². The van der Waals surface area contributed by atoms with Gasteiger partial charge in [-0.05, 0) is 44.9 Å². The van der Waals surface area contributed by atoms with Crippen molar-refractivity contribution in [2.24, 2.45) is 11.5 Å². The molecule has 12 nitrogen and oxygen atoms in total. The van der Waals surface area contributed by atoms with Crippen LogP contribution in [0.4, 0.5) is 0 Å². The van der Waals surface area contributed by atoms with Crippen LogP contribution in [0.1, 0.15) is 38.7 Å². The number of aromatic nitrogens is 1. The largest absolute Gasteiger partial charge is 0.480 e. The summed E-state index contributed by atoms with van der Waals surface area (Å²) >= 11 is 0. The van der Waals surface area contributed by atoms with Crippen molar-refractivity contribution in [1.29, 1.82) is 0 Å². The molecule has 1 heterocycles. The lowest BCUT2D eigenvalue weighted by molar-refractivity contribution is -0.142. The zero-order valence-electron chi connectivity index (χ0n) is 20.5. The minimum absolute atomic E-state index is 0.0801. The summed E-state index contributed by atoms with van der Waals surface area (Å²) in [4.78, 5) is 52.8. The second kappa shape index (κ2) is 13.6. The van der Waals surface area contributed by atoms with Gasteiger partial charge in [0.2, 0.25) is 17.7 Å². The fourth-order valence-electron chi connectivity index (χ4n) is 3.67. The van der Waals surface area contributed by atoms with Gasteiger partial charge in [-0.1, -0.05) is 24.6 Å². The predicted molar refractivity (Wildman–Crippen MR) is 134 cm³/mol. The Labute approximate surface area is 209 Å². The van der Waals surface area contributed by atoms with Crippen molar-refractivity contribution in [3.8, 4) is 0 Å². The lowest BCUT2D eigenvalue weighted by atomic mass is 10.0. The topological polar surface area (TPSA) is 213 Å². The number of aromatic amines is 1. The van der Waals surface area contributed by atoms with Gasteiger partial charge in [0.1, 0.15) is 18.1 Å². The van der Waals surface area contributed by atoms with Crippen LogP contribution < -0.4 is 27.4 Å². The van der Waals surface area contributed by atoms with Crippen LogP contribution in [-0.4, -0.2) is 75.7 Å². The van der Waals surface area contributed by atoms with Gasteiger partial charge in [-0.25, -0.2) is 0 Å². The van der Waals surface area contributed by atoms with E-state index in [1.807, 2.05) is 24.3 Å². The van der Waals surface area contributed by atoms with E-state index in [9.17, 15) is 24.3 Å². The third kappa shape index (κ3) is 8.04. The molecule has 0 spiro atoms. The van der Waals surface area contributed by atoms with E-state index in [-0.39, 0.29) is 6.42 Å². The Bertz CT molecular complexity index is 1050. The van der Waals surface area contributed by atoms with Crippen molar-refractivity contribution in [3.05, 3.63) is 36.0 Å². The second-order valence-electron chi connectivity index (χ2n) is 8.81. The summed E-state index contributed by atoms with van der Waals surface area (Å²) in [6, 6.07) is 2.79. The monoisotopic (exact) mass is 504 g/mol. The minimum atomic E-state index is -1.44. The summed E-state index contributed by atoms with van der Waals surface area (Å²) < 4.78 is 0. The van der Waals surface area contributed by atoms with Gasteiger partial charge in [0.15, 0.2) is 0 Å². The van der Waals surface area contributed by atoms with E-state index in [1.165, 1.54) is 13.8 Å². The first-order valence-corrected chi connectivity index (χ1v) is 11.9. The number of para-hydroxylation sites is 1. The molecule has 0 fully saturated rings. The number of aliphatic carboxylic acids is 1. The number of unbranched alkanes of at least 4 members (excludes halogenated alkanes) is 1. The summed E-state index contributed by atoms with van der Waals surface area (Å²) in [6.07, 6.45) is 2.22. The maximum absolute atomic E-state index is 13.3. The number of carbonyl (C=O) groups is 4. The number of hydrogen-bond acceptors (Lipinski definition) is 7. The number of carboxylic acids is 1. The number of fused-ring (bicyclic) bond motifs is 1.